The topological polar surface area (TPSA) is 35.5 Å². The highest BCUT2D eigenvalue weighted by Gasteiger charge is 2.21. The van der Waals surface area contributed by atoms with Crippen LogP contribution in [0.15, 0.2) is 0 Å². The second-order valence-electron chi connectivity index (χ2n) is 4.29. The highest BCUT2D eigenvalue weighted by Crippen LogP contribution is 2.23. The van der Waals surface area contributed by atoms with E-state index in [1.807, 2.05) is 0 Å². The first-order valence-corrected chi connectivity index (χ1v) is 5.82. The maximum absolute atomic E-state index is 9.10. The lowest BCUT2D eigenvalue weighted by Gasteiger charge is -2.35. The van der Waals surface area contributed by atoms with E-state index < -0.39 is 0 Å². The molecule has 2 N–H and O–H groups in total. The standard InChI is InChI=1S/C11H24N2O/c1-3-12-10(9-14)7-8-13(2)11-5-4-6-11/h10-12,14H,3-9H2,1-2H3. The predicted octanol–water partition coefficient (Wildman–Crippen LogP) is 0.831. The largest absolute Gasteiger partial charge is 0.395 e. The first-order chi connectivity index (χ1) is 6.77. The van der Waals surface area contributed by atoms with Crippen molar-refractivity contribution in [2.75, 3.05) is 26.7 Å². The first kappa shape index (κ1) is 12.0. The van der Waals surface area contributed by atoms with Crippen LogP contribution in [0.25, 0.3) is 0 Å². The number of nitrogens with zero attached hydrogens (tertiary/aromatic N) is 1. The lowest BCUT2D eigenvalue weighted by Crippen LogP contribution is -2.41. The molecule has 0 saturated heterocycles. The fraction of sp³-hybridized carbons (Fsp3) is 1.00. The van der Waals surface area contributed by atoms with E-state index in [1.165, 1.54) is 19.3 Å². The molecule has 0 amide bonds. The summed E-state index contributed by atoms with van der Waals surface area (Å²) in [6, 6.07) is 1.10. The molecule has 0 radical (unpaired) electrons. The van der Waals surface area contributed by atoms with Gasteiger partial charge in [0.25, 0.3) is 0 Å². The zero-order valence-electron chi connectivity index (χ0n) is 9.50. The minimum absolute atomic E-state index is 0.256. The molecule has 1 unspecified atom stereocenters. The van der Waals surface area contributed by atoms with Crippen molar-refractivity contribution >= 4 is 0 Å². The van der Waals surface area contributed by atoms with E-state index in [0.29, 0.717) is 0 Å². The number of rotatable bonds is 7. The number of hydrogen-bond donors (Lipinski definition) is 2. The average Bonchev–Trinajstić information content (AvgIpc) is 2.09. The van der Waals surface area contributed by atoms with Gasteiger partial charge in [-0.15, -0.1) is 0 Å². The monoisotopic (exact) mass is 200 g/mol. The molecule has 0 spiro atoms. The minimum atomic E-state index is 0.256. The van der Waals surface area contributed by atoms with Crippen LogP contribution in [0.3, 0.4) is 0 Å². The second kappa shape index (κ2) is 6.38. The molecule has 0 bridgehead atoms. The third-order valence-electron chi connectivity index (χ3n) is 3.24. The molecule has 1 saturated carbocycles. The van der Waals surface area contributed by atoms with Gasteiger partial charge in [-0.25, -0.2) is 0 Å². The number of aliphatic hydroxyl groups excluding tert-OH is 1. The van der Waals surface area contributed by atoms with E-state index in [0.717, 1.165) is 25.6 Å². The quantitative estimate of drug-likeness (QED) is 0.639. The van der Waals surface area contributed by atoms with E-state index in [-0.39, 0.29) is 12.6 Å². The third-order valence-corrected chi connectivity index (χ3v) is 3.24. The molecule has 14 heavy (non-hydrogen) atoms. The third kappa shape index (κ3) is 3.56. The Kier molecular flexibility index (Phi) is 5.45. The summed E-state index contributed by atoms with van der Waals surface area (Å²) < 4.78 is 0. The second-order valence-corrected chi connectivity index (χ2v) is 4.29. The lowest BCUT2D eigenvalue weighted by molar-refractivity contribution is 0.144. The van der Waals surface area contributed by atoms with Crippen LogP contribution in [0.2, 0.25) is 0 Å². The number of likely N-dealkylation sites (N-methyl/N-ethyl adjacent to an activating group) is 1. The predicted molar refractivity (Wildman–Crippen MR) is 59.4 cm³/mol. The van der Waals surface area contributed by atoms with Gasteiger partial charge >= 0.3 is 0 Å². The highest BCUT2D eigenvalue weighted by molar-refractivity contribution is 4.78. The van der Waals surface area contributed by atoms with Gasteiger partial charge in [-0.05, 0) is 39.4 Å². The van der Waals surface area contributed by atoms with Crippen molar-refractivity contribution in [1.29, 1.82) is 0 Å². The summed E-state index contributed by atoms with van der Waals surface area (Å²) in [6.45, 7) is 4.38. The fourth-order valence-corrected chi connectivity index (χ4v) is 1.92. The summed E-state index contributed by atoms with van der Waals surface area (Å²) in [5.41, 5.74) is 0. The van der Waals surface area contributed by atoms with Gasteiger partial charge in [-0.3, -0.25) is 0 Å². The van der Waals surface area contributed by atoms with Crippen molar-refractivity contribution in [2.24, 2.45) is 0 Å². The van der Waals surface area contributed by atoms with Gasteiger partial charge in [0.2, 0.25) is 0 Å². The molecule has 3 nitrogen and oxygen atoms in total. The fourth-order valence-electron chi connectivity index (χ4n) is 1.92. The maximum Gasteiger partial charge on any atom is 0.0585 e. The number of aliphatic hydroxyl groups is 1. The van der Waals surface area contributed by atoms with E-state index >= 15 is 0 Å². The van der Waals surface area contributed by atoms with Crippen LogP contribution in [0.4, 0.5) is 0 Å². The summed E-state index contributed by atoms with van der Waals surface area (Å²) in [5.74, 6) is 0. The van der Waals surface area contributed by atoms with Crippen molar-refractivity contribution in [3.05, 3.63) is 0 Å². The SMILES string of the molecule is CCNC(CO)CCN(C)C1CCC1. The lowest BCUT2D eigenvalue weighted by atomic mass is 9.91. The van der Waals surface area contributed by atoms with Crippen LogP contribution in [-0.2, 0) is 0 Å². The summed E-state index contributed by atoms with van der Waals surface area (Å²) in [4.78, 5) is 2.43. The Labute approximate surface area is 87.5 Å². The van der Waals surface area contributed by atoms with Gasteiger partial charge in [-0.2, -0.15) is 0 Å². The van der Waals surface area contributed by atoms with Crippen LogP contribution < -0.4 is 5.32 Å². The Balaban J connectivity index is 2.10. The summed E-state index contributed by atoms with van der Waals surface area (Å²) >= 11 is 0. The molecule has 0 aromatic rings. The normalized spacial score (nSPS) is 19.7. The van der Waals surface area contributed by atoms with Crippen LogP contribution >= 0.6 is 0 Å². The Hall–Kier alpha value is -0.120. The van der Waals surface area contributed by atoms with E-state index in [4.69, 9.17) is 5.11 Å². The molecular weight excluding hydrogens is 176 g/mol. The molecule has 0 aliphatic heterocycles. The zero-order valence-corrected chi connectivity index (χ0v) is 9.50. The van der Waals surface area contributed by atoms with Crippen LogP contribution in [0.1, 0.15) is 32.6 Å². The molecule has 0 aromatic heterocycles. The van der Waals surface area contributed by atoms with E-state index in [9.17, 15) is 0 Å². The Morgan fingerprint density at radius 3 is 2.64 bits per heavy atom. The smallest absolute Gasteiger partial charge is 0.0585 e. The molecule has 1 aliphatic rings. The number of nitrogens with one attached hydrogen (secondary N) is 1. The van der Waals surface area contributed by atoms with Gasteiger partial charge in [0.15, 0.2) is 0 Å². The van der Waals surface area contributed by atoms with Gasteiger partial charge in [0, 0.05) is 12.1 Å². The zero-order chi connectivity index (χ0) is 10.4. The molecule has 1 aliphatic carbocycles. The minimum Gasteiger partial charge on any atom is -0.395 e. The van der Waals surface area contributed by atoms with Crippen molar-refractivity contribution in [2.45, 2.75) is 44.7 Å². The maximum atomic E-state index is 9.10. The van der Waals surface area contributed by atoms with Crippen molar-refractivity contribution in [3.63, 3.8) is 0 Å². The van der Waals surface area contributed by atoms with Gasteiger partial charge < -0.3 is 15.3 Å². The Bertz CT molecular complexity index is 146. The molecule has 84 valence electrons. The molecule has 1 rings (SSSR count). The van der Waals surface area contributed by atoms with Crippen LogP contribution in [0.5, 0.6) is 0 Å². The van der Waals surface area contributed by atoms with Gasteiger partial charge in [0.05, 0.1) is 6.61 Å². The summed E-state index contributed by atoms with van der Waals surface area (Å²) in [7, 11) is 2.20. The van der Waals surface area contributed by atoms with Crippen LogP contribution in [-0.4, -0.2) is 48.8 Å². The summed E-state index contributed by atoms with van der Waals surface area (Å²) in [5, 5.41) is 12.4. The van der Waals surface area contributed by atoms with Crippen molar-refractivity contribution in [1.82, 2.24) is 10.2 Å². The Morgan fingerprint density at radius 1 is 1.50 bits per heavy atom. The number of hydrogen-bond acceptors (Lipinski definition) is 3. The highest BCUT2D eigenvalue weighted by atomic mass is 16.3. The molecular formula is C11H24N2O. The van der Waals surface area contributed by atoms with Crippen LogP contribution in [0, 0.1) is 0 Å². The Morgan fingerprint density at radius 2 is 2.21 bits per heavy atom. The molecule has 0 heterocycles. The molecule has 3 heteroatoms. The summed E-state index contributed by atoms with van der Waals surface area (Å²) in [6.07, 6.45) is 5.17. The molecule has 0 aromatic carbocycles. The average molecular weight is 200 g/mol. The van der Waals surface area contributed by atoms with Crippen molar-refractivity contribution in [3.8, 4) is 0 Å². The van der Waals surface area contributed by atoms with Gasteiger partial charge in [0.1, 0.15) is 0 Å². The van der Waals surface area contributed by atoms with Crippen molar-refractivity contribution < 1.29 is 5.11 Å². The molecule has 1 atom stereocenters. The van der Waals surface area contributed by atoms with E-state index in [1.54, 1.807) is 0 Å². The first-order valence-electron chi connectivity index (χ1n) is 5.82. The molecule has 1 fully saturated rings. The van der Waals surface area contributed by atoms with Gasteiger partial charge in [-0.1, -0.05) is 13.3 Å². The van der Waals surface area contributed by atoms with E-state index in [2.05, 4.69) is 24.2 Å².